The second-order valence-electron chi connectivity index (χ2n) is 7.46. The van der Waals surface area contributed by atoms with E-state index in [2.05, 4.69) is 72.2 Å². The van der Waals surface area contributed by atoms with Crippen molar-refractivity contribution in [2.75, 3.05) is 48.3 Å². The molecular weight excluding hydrogens is 354 g/mol. The van der Waals surface area contributed by atoms with Gasteiger partial charge in [0, 0.05) is 48.6 Å². The Labute approximate surface area is 166 Å². The van der Waals surface area contributed by atoms with Crippen molar-refractivity contribution >= 4 is 29.0 Å². The number of rotatable bonds is 3. The first-order valence-electron chi connectivity index (χ1n) is 9.69. The van der Waals surface area contributed by atoms with Gasteiger partial charge in [0.05, 0.1) is 12.2 Å². The fourth-order valence-corrected chi connectivity index (χ4v) is 5.08. The molecule has 0 bridgehead atoms. The Hall–Kier alpha value is -2.14. The van der Waals surface area contributed by atoms with E-state index >= 15 is 0 Å². The molecule has 1 atom stereocenters. The number of fused-ring (bicyclic) bond motifs is 1. The monoisotopic (exact) mass is 381 g/mol. The Kier molecular flexibility index (Phi) is 5.30. The molecule has 5 heteroatoms. The third kappa shape index (κ3) is 3.93. The first-order chi connectivity index (χ1) is 13.1. The average Bonchev–Trinajstić information content (AvgIpc) is 2.68. The number of carbonyl (C=O) groups is 1. The van der Waals surface area contributed by atoms with E-state index in [-0.39, 0.29) is 5.91 Å². The van der Waals surface area contributed by atoms with Crippen LogP contribution >= 0.6 is 11.8 Å². The minimum atomic E-state index is 0.243. The highest BCUT2D eigenvalue weighted by Crippen LogP contribution is 2.34. The summed E-state index contributed by atoms with van der Waals surface area (Å²) >= 11 is 1.88. The van der Waals surface area contributed by atoms with Gasteiger partial charge in [-0.05, 0) is 43.7 Å². The number of amides is 1. The molecule has 2 aromatic carbocycles. The molecule has 0 spiro atoms. The van der Waals surface area contributed by atoms with Gasteiger partial charge >= 0.3 is 0 Å². The third-order valence-electron chi connectivity index (χ3n) is 5.46. The van der Waals surface area contributed by atoms with Crippen LogP contribution in [0.5, 0.6) is 0 Å². The second-order valence-corrected chi connectivity index (χ2v) is 8.60. The lowest BCUT2D eigenvalue weighted by Gasteiger charge is -2.42. The van der Waals surface area contributed by atoms with Crippen LogP contribution in [0.3, 0.4) is 0 Å². The van der Waals surface area contributed by atoms with E-state index in [4.69, 9.17) is 0 Å². The van der Waals surface area contributed by atoms with E-state index < -0.39 is 0 Å². The van der Waals surface area contributed by atoms with Gasteiger partial charge in [0.15, 0.2) is 0 Å². The zero-order valence-corrected chi connectivity index (χ0v) is 16.9. The van der Waals surface area contributed by atoms with E-state index in [9.17, 15) is 4.79 Å². The summed E-state index contributed by atoms with van der Waals surface area (Å²) in [4.78, 5) is 21.0. The molecule has 2 aliphatic heterocycles. The fraction of sp³-hybridized carbons (Fsp3) is 0.409. The molecule has 0 unspecified atom stereocenters. The number of carbonyl (C=O) groups excluding carboxylic acids is 1. The van der Waals surface area contributed by atoms with Crippen molar-refractivity contribution in [1.29, 1.82) is 0 Å². The Morgan fingerprint density at radius 2 is 1.96 bits per heavy atom. The molecule has 27 heavy (non-hydrogen) atoms. The van der Waals surface area contributed by atoms with Gasteiger partial charge in [-0.2, -0.15) is 0 Å². The van der Waals surface area contributed by atoms with Crippen LogP contribution in [-0.4, -0.2) is 55.3 Å². The van der Waals surface area contributed by atoms with Crippen molar-refractivity contribution in [3.63, 3.8) is 0 Å². The minimum Gasteiger partial charge on any atom is -0.365 e. The van der Waals surface area contributed by atoms with Crippen molar-refractivity contribution in [2.24, 2.45) is 0 Å². The normalized spacial score (nSPS) is 19.8. The summed E-state index contributed by atoms with van der Waals surface area (Å²) in [6.45, 7) is 8.24. The largest absolute Gasteiger partial charge is 0.365 e. The Balaban J connectivity index is 1.40. The van der Waals surface area contributed by atoms with E-state index in [1.807, 2.05) is 16.7 Å². The molecule has 1 saturated heterocycles. The van der Waals surface area contributed by atoms with Crippen LogP contribution in [0.4, 0.5) is 11.4 Å². The summed E-state index contributed by atoms with van der Waals surface area (Å²) in [5, 5.41) is 0. The molecule has 0 aliphatic carbocycles. The molecule has 142 valence electrons. The highest BCUT2D eigenvalue weighted by molar-refractivity contribution is 7.99. The number of hydrogen-bond acceptors (Lipinski definition) is 4. The zero-order valence-electron chi connectivity index (χ0n) is 16.1. The molecule has 2 aliphatic rings. The van der Waals surface area contributed by atoms with E-state index in [1.54, 1.807) is 0 Å². The number of para-hydroxylation sites is 1. The standard InChI is InChI=1S/C22H27N3OS/c1-17-6-5-7-19(14-17)25-11-10-24(15-18(25)2)22(26)16-23-12-13-27-21-9-4-3-8-20(21)23/h3-9,14,18H,10-13,15-16H2,1-2H3/t18-/m1/s1. The average molecular weight is 382 g/mol. The molecule has 4 nitrogen and oxygen atoms in total. The maximum Gasteiger partial charge on any atom is 0.242 e. The SMILES string of the molecule is Cc1cccc(N2CCN(C(=O)CN3CCSc4ccccc43)C[C@H]2C)c1. The third-order valence-corrected chi connectivity index (χ3v) is 6.51. The number of piperazine rings is 1. The maximum absolute atomic E-state index is 13.0. The minimum absolute atomic E-state index is 0.243. The smallest absolute Gasteiger partial charge is 0.242 e. The van der Waals surface area contributed by atoms with Crippen molar-refractivity contribution in [3.8, 4) is 0 Å². The van der Waals surface area contributed by atoms with Crippen LogP contribution in [0.1, 0.15) is 12.5 Å². The lowest BCUT2D eigenvalue weighted by Crippen LogP contribution is -2.55. The van der Waals surface area contributed by atoms with Gasteiger partial charge < -0.3 is 14.7 Å². The number of benzene rings is 2. The molecule has 1 amide bonds. The molecule has 2 heterocycles. The quantitative estimate of drug-likeness (QED) is 0.811. The maximum atomic E-state index is 13.0. The van der Waals surface area contributed by atoms with Gasteiger partial charge in [-0.3, -0.25) is 4.79 Å². The second kappa shape index (κ2) is 7.85. The summed E-state index contributed by atoms with van der Waals surface area (Å²) in [5.41, 5.74) is 3.74. The number of nitrogens with zero attached hydrogens (tertiary/aromatic N) is 3. The Bertz CT molecular complexity index is 825. The summed E-state index contributed by atoms with van der Waals surface area (Å²) in [5.74, 6) is 1.29. The fourth-order valence-electron chi connectivity index (χ4n) is 4.03. The summed E-state index contributed by atoms with van der Waals surface area (Å²) < 4.78 is 0. The lowest BCUT2D eigenvalue weighted by atomic mass is 10.1. The van der Waals surface area contributed by atoms with E-state index in [0.29, 0.717) is 12.6 Å². The summed E-state index contributed by atoms with van der Waals surface area (Å²) in [6.07, 6.45) is 0. The van der Waals surface area contributed by atoms with Gasteiger partial charge in [0.1, 0.15) is 0 Å². The predicted molar refractivity (Wildman–Crippen MR) is 114 cm³/mol. The highest BCUT2D eigenvalue weighted by atomic mass is 32.2. The van der Waals surface area contributed by atoms with Crippen LogP contribution in [0, 0.1) is 6.92 Å². The van der Waals surface area contributed by atoms with Crippen LogP contribution in [0.25, 0.3) is 0 Å². The first-order valence-corrected chi connectivity index (χ1v) is 10.7. The zero-order chi connectivity index (χ0) is 18.8. The topological polar surface area (TPSA) is 26.8 Å². The molecule has 2 aromatic rings. The van der Waals surface area contributed by atoms with Gasteiger partial charge in [0.2, 0.25) is 5.91 Å². The van der Waals surface area contributed by atoms with Crippen molar-refractivity contribution < 1.29 is 4.79 Å². The van der Waals surface area contributed by atoms with Crippen molar-refractivity contribution in [2.45, 2.75) is 24.8 Å². The Morgan fingerprint density at radius 1 is 1.11 bits per heavy atom. The van der Waals surface area contributed by atoms with Gasteiger partial charge in [-0.1, -0.05) is 24.3 Å². The summed E-state index contributed by atoms with van der Waals surface area (Å²) in [6, 6.07) is 17.4. The van der Waals surface area contributed by atoms with E-state index in [1.165, 1.54) is 21.8 Å². The highest BCUT2D eigenvalue weighted by Gasteiger charge is 2.28. The van der Waals surface area contributed by atoms with Crippen LogP contribution < -0.4 is 9.80 Å². The van der Waals surface area contributed by atoms with Crippen molar-refractivity contribution in [1.82, 2.24) is 4.90 Å². The number of aryl methyl sites for hydroxylation is 1. The molecule has 1 fully saturated rings. The van der Waals surface area contributed by atoms with Gasteiger partial charge in [-0.15, -0.1) is 11.8 Å². The number of hydrogen-bond donors (Lipinski definition) is 0. The molecule has 0 radical (unpaired) electrons. The Morgan fingerprint density at radius 3 is 2.78 bits per heavy atom. The molecule has 0 saturated carbocycles. The van der Waals surface area contributed by atoms with Crippen LogP contribution in [0.2, 0.25) is 0 Å². The van der Waals surface area contributed by atoms with Crippen molar-refractivity contribution in [3.05, 3.63) is 54.1 Å². The molecule has 4 rings (SSSR count). The van der Waals surface area contributed by atoms with Gasteiger partial charge in [0.25, 0.3) is 0 Å². The lowest BCUT2D eigenvalue weighted by molar-refractivity contribution is -0.130. The molecular formula is C22H27N3OS. The molecule has 0 N–H and O–H groups in total. The number of anilines is 2. The van der Waals surface area contributed by atoms with Gasteiger partial charge in [-0.25, -0.2) is 0 Å². The first kappa shape index (κ1) is 18.2. The predicted octanol–water partition coefficient (Wildman–Crippen LogP) is 3.64. The van der Waals surface area contributed by atoms with Crippen LogP contribution in [0.15, 0.2) is 53.4 Å². The summed E-state index contributed by atoms with van der Waals surface area (Å²) in [7, 11) is 0. The molecule has 0 aromatic heterocycles. The van der Waals surface area contributed by atoms with E-state index in [0.717, 1.165) is 31.9 Å². The number of thioether (sulfide) groups is 1. The van der Waals surface area contributed by atoms with Crippen LogP contribution in [-0.2, 0) is 4.79 Å².